The summed E-state index contributed by atoms with van der Waals surface area (Å²) in [6.07, 6.45) is 0.585. The summed E-state index contributed by atoms with van der Waals surface area (Å²) in [7, 11) is -3.38. The van der Waals surface area contributed by atoms with Gasteiger partial charge in [-0.2, -0.15) is 12.0 Å². The monoisotopic (exact) mass is 319 g/mol. The van der Waals surface area contributed by atoms with Gasteiger partial charge in [-0.3, -0.25) is 0 Å². The van der Waals surface area contributed by atoms with E-state index in [1.54, 1.807) is 11.8 Å². The van der Waals surface area contributed by atoms with Crippen molar-refractivity contribution in [2.75, 3.05) is 28.8 Å². The van der Waals surface area contributed by atoms with E-state index in [4.69, 9.17) is 3.63 Å². The lowest BCUT2D eigenvalue weighted by atomic mass is 10.3. The molecule has 1 heterocycles. The van der Waals surface area contributed by atoms with Crippen LogP contribution in [0.1, 0.15) is 13.3 Å². The molecule has 19 heavy (non-hydrogen) atoms. The molecule has 0 spiro atoms. The first-order valence-electron chi connectivity index (χ1n) is 6.13. The van der Waals surface area contributed by atoms with Crippen molar-refractivity contribution in [3.05, 3.63) is 24.3 Å². The van der Waals surface area contributed by atoms with E-state index in [1.807, 2.05) is 19.1 Å². The molecule has 1 aromatic rings. The first-order chi connectivity index (χ1) is 9.12. The highest BCUT2D eigenvalue weighted by Gasteiger charge is 2.19. The van der Waals surface area contributed by atoms with Crippen molar-refractivity contribution in [1.29, 1.82) is 0 Å². The Labute approximate surface area is 123 Å². The van der Waals surface area contributed by atoms with Crippen molar-refractivity contribution in [3.63, 3.8) is 0 Å². The average molecular weight is 319 g/mol. The molecule has 0 saturated heterocycles. The Bertz CT molecular complexity index is 519. The zero-order valence-electron chi connectivity index (χ0n) is 10.7. The van der Waals surface area contributed by atoms with Crippen LogP contribution < -0.4 is 4.90 Å². The van der Waals surface area contributed by atoms with E-state index >= 15 is 0 Å². The van der Waals surface area contributed by atoms with Crippen LogP contribution in [-0.2, 0) is 13.7 Å². The van der Waals surface area contributed by atoms with Gasteiger partial charge in [0.2, 0.25) is 0 Å². The minimum atomic E-state index is -3.38. The van der Waals surface area contributed by atoms with Crippen molar-refractivity contribution < 1.29 is 12.0 Å². The number of para-hydroxylation sites is 1. The number of benzene rings is 1. The number of thioether (sulfide) groups is 1. The Hall–Kier alpha value is -0.370. The van der Waals surface area contributed by atoms with Gasteiger partial charge in [-0.25, -0.2) is 0 Å². The van der Waals surface area contributed by atoms with Gasteiger partial charge in [0.1, 0.15) is 0 Å². The second-order valence-electron chi connectivity index (χ2n) is 4.09. The summed E-state index contributed by atoms with van der Waals surface area (Å²) in [5.74, 6) is 1.60. The molecule has 7 heteroatoms. The average Bonchev–Trinajstić information content (AvgIpc) is 2.80. The van der Waals surface area contributed by atoms with E-state index in [0.717, 1.165) is 24.5 Å². The summed E-state index contributed by atoms with van der Waals surface area (Å²) >= 11 is 2.77. The first kappa shape index (κ1) is 15.0. The highest BCUT2D eigenvalue weighted by atomic mass is 32.3. The molecule has 0 radical (unpaired) electrons. The van der Waals surface area contributed by atoms with Crippen molar-refractivity contribution >= 4 is 39.6 Å². The van der Waals surface area contributed by atoms with Crippen molar-refractivity contribution in [2.24, 2.45) is 0 Å². The summed E-state index contributed by atoms with van der Waals surface area (Å²) in [5, 5.41) is 0. The largest absolute Gasteiger partial charge is 0.361 e. The molecule has 0 aliphatic carbocycles. The smallest absolute Gasteiger partial charge is 0.278 e. The molecule has 0 unspecified atom stereocenters. The lowest BCUT2D eigenvalue weighted by Gasteiger charge is -2.17. The molecule has 0 bridgehead atoms. The normalized spacial score (nSPS) is 14.7. The van der Waals surface area contributed by atoms with Crippen LogP contribution in [0, 0.1) is 0 Å². The fourth-order valence-electron chi connectivity index (χ4n) is 1.83. The molecule has 1 aliphatic heterocycles. The van der Waals surface area contributed by atoms with Crippen LogP contribution in [0.5, 0.6) is 0 Å². The van der Waals surface area contributed by atoms with E-state index in [9.17, 15) is 8.42 Å². The fraction of sp³-hybridized carbons (Fsp3) is 0.500. The van der Waals surface area contributed by atoms with Gasteiger partial charge in [-0.05, 0) is 18.6 Å². The van der Waals surface area contributed by atoms with E-state index in [1.165, 1.54) is 10.6 Å². The third-order valence-electron chi connectivity index (χ3n) is 2.67. The maximum Gasteiger partial charge on any atom is 0.278 e. The van der Waals surface area contributed by atoms with Crippen molar-refractivity contribution in [2.45, 2.75) is 18.2 Å². The second-order valence-corrected chi connectivity index (χ2v) is 7.96. The molecule has 0 saturated carbocycles. The molecule has 1 aliphatic rings. The van der Waals surface area contributed by atoms with E-state index < -0.39 is 10.1 Å². The number of hydrogen-bond donors (Lipinski definition) is 0. The number of rotatable bonds is 7. The molecule has 0 fully saturated rings. The number of anilines is 1. The third-order valence-corrected chi connectivity index (χ3v) is 6.01. The molecule has 0 N–H and O–H groups in total. The fourth-order valence-corrected chi connectivity index (χ4v) is 4.64. The molecule has 4 nitrogen and oxygen atoms in total. The van der Waals surface area contributed by atoms with E-state index in [0.29, 0.717) is 12.2 Å². The van der Waals surface area contributed by atoms with Crippen molar-refractivity contribution in [1.82, 2.24) is 0 Å². The van der Waals surface area contributed by atoms with E-state index in [-0.39, 0.29) is 5.75 Å². The van der Waals surface area contributed by atoms with Gasteiger partial charge in [-0.1, -0.05) is 19.1 Å². The molecule has 1 aromatic carbocycles. The predicted molar refractivity (Wildman–Crippen MR) is 82.1 cm³/mol. The Morgan fingerprint density at radius 3 is 3.00 bits per heavy atom. The van der Waals surface area contributed by atoms with Gasteiger partial charge >= 0.3 is 0 Å². The van der Waals surface area contributed by atoms with Crippen LogP contribution in [0.25, 0.3) is 0 Å². The van der Waals surface area contributed by atoms with Crippen LogP contribution in [-0.4, -0.2) is 32.3 Å². The first-order valence-corrected chi connectivity index (χ1v) is 9.60. The van der Waals surface area contributed by atoms with Crippen LogP contribution >= 0.6 is 23.8 Å². The maximum absolute atomic E-state index is 11.5. The molecule has 0 atom stereocenters. The predicted octanol–water partition coefficient (Wildman–Crippen LogP) is 2.96. The Balaban J connectivity index is 1.81. The van der Waals surface area contributed by atoms with Gasteiger partial charge in [0, 0.05) is 29.2 Å². The summed E-state index contributed by atoms with van der Waals surface area (Å²) in [6, 6.07) is 8.20. The molecule has 106 valence electrons. The highest BCUT2D eigenvalue weighted by molar-refractivity contribution is 8.04. The topological polar surface area (TPSA) is 46.6 Å². The molecule has 0 amide bonds. The van der Waals surface area contributed by atoms with Gasteiger partial charge in [0.15, 0.2) is 0 Å². The quantitative estimate of drug-likeness (QED) is 0.720. The Morgan fingerprint density at radius 1 is 1.42 bits per heavy atom. The molecular formula is C12H17NO3S3. The van der Waals surface area contributed by atoms with Gasteiger partial charge in [0.05, 0.1) is 17.3 Å². The minimum absolute atomic E-state index is 0.0728. The summed E-state index contributed by atoms with van der Waals surface area (Å²) < 4.78 is 27.9. The molecule has 0 aromatic heterocycles. The minimum Gasteiger partial charge on any atom is -0.361 e. The lowest BCUT2D eigenvalue weighted by molar-refractivity contribution is 0.516. The summed E-state index contributed by atoms with van der Waals surface area (Å²) in [4.78, 5) is 3.48. The number of nitrogens with zero attached hydrogens (tertiary/aromatic N) is 1. The molecule has 2 rings (SSSR count). The summed E-state index contributed by atoms with van der Waals surface area (Å²) in [5.41, 5.74) is 1.20. The number of hydrogen-bond acceptors (Lipinski definition) is 6. The maximum atomic E-state index is 11.5. The number of fused-ring (bicyclic) bond motifs is 1. The SMILES string of the molecule is CCSOS(=O)(=O)CCCN1CSc2ccccc21. The standard InChI is InChI=1S/C12H17NO3S3/c1-2-18-16-19(14,15)9-5-8-13-10-17-12-7-4-3-6-11(12)13/h3-4,6-7H,2,5,8-10H2,1H3. The van der Waals surface area contributed by atoms with Gasteiger partial charge < -0.3 is 4.90 Å². The van der Waals surface area contributed by atoms with Crippen molar-refractivity contribution in [3.8, 4) is 0 Å². The second kappa shape index (κ2) is 6.88. The van der Waals surface area contributed by atoms with Gasteiger partial charge in [0.25, 0.3) is 10.1 Å². The van der Waals surface area contributed by atoms with Crippen LogP contribution in [0.3, 0.4) is 0 Å². The van der Waals surface area contributed by atoms with E-state index in [2.05, 4.69) is 17.0 Å². The Kier molecular flexibility index (Phi) is 5.44. The van der Waals surface area contributed by atoms with Crippen LogP contribution in [0.4, 0.5) is 5.69 Å². The third kappa shape index (κ3) is 4.30. The molecular weight excluding hydrogens is 302 g/mol. The van der Waals surface area contributed by atoms with Crippen LogP contribution in [0.15, 0.2) is 29.2 Å². The van der Waals surface area contributed by atoms with Gasteiger partial charge in [-0.15, -0.1) is 11.8 Å². The zero-order chi connectivity index (χ0) is 13.7. The highest BCUT2D eigenvalue weighted by Crippen LogP contribution is 2.37. The zero-order valence-corrected chi connectivity index (χ0v) is 13.2. The summed E-state index contributed by atoms with van der Waals surface area (Å²) in [6.45, 7) is 2.60. The van der Waals surface area contributed by atoms with Crippen LogP contribution in [0.2, 0.25) is 0 Å². The lowest BCUT2D eigenvalue weighted by Crippen LogP contribution is -2.22. The Morgan fingerprint density at radius 2 is 2.21 bits per heavy atom.